The quantitative estimate of drug-likeness (QED) is 0.806. The fourth-order valence-electron chi connectivity index (χ4n) is 1.70. The zero-order valence-corrected chi connectivity index (χ0v) is 11.3. The number of rotatable bonds is 3. The van der Waals surface area contributed by atoms with Gasteiger partial charge < -0.3 is 15.7 Å². The second-order valence-corrected chi connectivity index (χ2v) is 4.49. The van der Waals surface area contributed by atoms with Crippen LogP contribution in [0.4, 0.5) is 20.6 Å². The SMILES string of the molecule is O=C(Nc1cccc(Cl)c1)Nc1cccc(F)c1C(=O)O. The number of carboxylic acids is 1. The minimum absolute atomic E-state index is 0.137. The summed E-state index contributed by atoms with van der Waals surface area (Å²) in [5, 5.41) is 14.1. The largest absolute Gasteiger partial charge is 0.478 e. The highest BCUT2D eigenvalue weighted by atomic mass is 35.5. The third-order valence-electron chi connectivity index (χ3n) is 2.56. The van der Waals surface area contributed by atoms with E-state index >= 15 is 0 Å². The Morgan fingerprint density at radius 1 is 1.10 bits per heavy atom. The smallest absolute Gasteiger partial charge is 0.340 e. The van der Waals surface area contributed by atoms with E-state index in [1.54, 1.807) is 18.2 Å². The summed E-state index contributed by atoms with van der Waals surface area (Å²) in [7, 11) is 0. The number of carboxylic acid groups (broad SMARTS) is 1. The first-order chi connectivity index (χ1) is 9.97. The van der Waals surface area contributed by atoms with Gasteiger partial charge in [0, 0.05) is 10.7 Å². The van der Waals surface area contributed by atoms with E-state index in [0.717, 1.165) is 6.07 Å². The fraction of sp³-hybridized carbons (Fsp3) is 0. The lowest BCUT2D eigenvalue weighted by molar-refractivity contribution is 0.0693. The Hall–Kier alpha value is -2.60. The predicted molar refractivity (Wildman–Crippen MR) is 77.5 cm³/mol. The molecule has 7 heteroatoms. The number of carbonyl (C=O) groups is 2. The number of carbonyl (C=O) groups excluding carboxylic acids is 1. The number of anilines is 2. The first kappa shape index (κ1) is 14.8. The molecule has 0 saturated heterocycles. The highest BCUT2D eigenvalue weighted by Gasteiger charge is 2.17. The third-order valence-corrected chi connectivity index (χ3v) is 2.79. The topological polar surface area (TPSA) is 78.4 Å². The van der Waals surface area contributed by atoms with Gasteiger partial charge >= 0.3 is 12.0 Å². The summed E-state index contributed by atoms with van der Waals surface area (Å²) in [5.41, 5.74) is -0.311. The van der Waals surface area contributed by atoms with Gasteiger partial charge in [-0.1, -0.05) is 23.7 Å². The number of urea groups is 1. The van der Waals surface area contributed by atoms with E-state index in [-0.39, 0.29) is 5.69 Å². The van der Waals surface area contributed by atoms with E-state index in [9.17, 15) is 14.0 Å². The first-order valence-corrected chi connectivity index (χ1v) is 6.20. The third kappa shape index (κ3) is 3.70. The lowest BCUT2D eigenvalue weighted by Crippen LogP contribution is -2.21. The molecule has 0 aromatic heterocycles. The van der Waals surface area contributed by atoms with E-state index in [1.807, 2.05) is 0 Å². The molecule has 0 aliphatic rings. The van der Waals surface area contributed by atoms with Gasteiger partial charge in [0.25, 0.3) is 0 Å². The molecule has 2 amide bonds. The monoisotopic (exact) mass is 308 g/mol. The van der Waals surface area contributed by atoms with Crippen LogP contribution in [0.3, 0.4) is 0 Å². The number of amides is 2. The maximum Gasteiger partial charge on any atom is 0.340 e. The molecule has 2 aromatic carbocycles. The van der Waals surface area contributed by atoms with E-state index in [1.165, 1.54) is 18.2 Å². The van der Waals surface area contributed by atoms with Crippen molar-refractivity contribution in [3.05, 3.63) is 58.9 Å². The molecule has 5 nitrogen and oxygen atoms in total. The van der Waals surface area contributed by atoms with Crippen molar-refractivity contribution in [2.24, 2.45) is 0 Å². The molecular formula is C14H10ClFN2O3. The minimum Gasteiger partial charge on any atom is -0.478 e. The average Bonchev–Trinajstić information content (AvgIpc) is 2.37. The van der Waals surface area contributed by atoms with Crippen LogP contribution in [0.25, 0.3) is 0 Å². The fourth-order valence-corrected chi connectivity index (χ4v) is 1.89. The summed E-state index contributed by atoms with van der Waals surface area (Å²) in [4.78, 5) is 22.8. The average molecular weight is 309 g/mol. The van der Waals surface area contributed by atoms with Gasteiger partial charge in [-0.25, -0.2) is 14.0 Å². The van der Waals surface area contributed by atoms with Crippen LogP contribution in [0.1, 0.15) is 10.4 Å². The lowest BCUT2D eigenvalue weighted by atomic mass is 10.1. The lowest BCUT2D eigenvalue weighted by Gasteiger charge is -2.10. The second-order valence-electron chi connectivity index (χ2n) is 4.06. The Labute approximate surface area is 124 Å². The van der Waals surface area contributed by atoms with Crippen LogP contribution in [0.15, 0.2) is 42.5 Å². The van der Waals surface area contributed by atoms with Crippen LogP contribution in [0, 0.1) is 5.82 Å². The summed E-state index contributed by atoms with van der Waals surface area (Å²) >= 11 is 5.78. The number of hydrogen-bond acceptors (Lipinski definition) is 2. The second kappa shape index (κ2) is 6.23. The van der Waals surface area contributed by atoms with Crippen LogP contribution in [-0.4, -0.2) is 17.1 Å². The number of hydrogen-bond donors (Lipinski definition) is 3. The van der Waals surface area contributed by atoms with Crippen molar-refractivity contribution in [1.29, 1.82) is 0 Å². The van der Waals surface area contributed by atoms with Gasteiger partial charge in [0.1, 0.15) is 11.4 Å². The van der Waals surface area contributed by atoms with Crippen molar-refractivity contribution >= 4 is 35.0 Å². The summed E-state index contributed by atoms with van der Waals surface area (Å²) in [5.74, 6) is -2.39. The minimum atomic E-state index is -1.47. The molecule has 0 spiro atoms. The van der Waals surface area contributed by atoms with Gasteiger partial charge in [-0.15, -0.1) is 0 Å². The van der Waals surface area contributed by atoms with Crippen LogP contribution in [0.5, 0.6) is 0 Å². The standard InChI is InChI=1S/C14H10ClFN2O3/c15-8-3-1-4-9(7-8)17-14(21)18-11-6-2-5-10(16)12(11)13(19)20/h1-7H,(H,19,20)(H2,17,18,21). The zero-order valence-electron chi connectivity index (χ0n) is 10.6. The molecule has 0 bridgehead atoms. The molecule has 0 aliphatic carbocycles. The van der Waals surface area contributed by atoms with Crippen LogP contribution >= 0.6 is 11.6 Å². The summed E-state index contributed by atoms with van der Waals surface area (Å²) < 4.78 is 13.5. The van der Waals surface area contributed by atoms with E-state index in [4.69, 9.17) is 16.7 Å². The van der Waals surface area contributed by atoms with E-state index < -0.39 is 23.4 Å². The highest BCUT2D eigenvalue weighted by Crippen LogP contribution is 2.20. The molecule has 0 aliphatic heterocycles. The van der Waals surface area contributed by atoms with Crippen LogP contribution in [-0.2, 0) is 0 Å². The van der Waals surface area contributed by atoms with Crippen molar-refractivity contribution in [3.63, 3.8) is 0 Å². The van der Waals surface area contributed by atoms with Crippen molar-refractivity contribution in [2.75, 3.05) is 10.6 Å². The zero-order chi connectivity index (χ0) is 15.4. The molecule has 2 aromatic rings. The van der Waals surface area contributed by atoms with Crippen molar-refractivity contribution < 1.29 is 19.1 Å². The molecule has 0 radical (unpaired) electrons. The van der Waals surface area contributed by atoms with Gasteiger partial charge in [-0.3, -0.25) is 0 Å². The molecule has 21 heavy (non-hydrogen) atoms. The molecule has 0 heterocycles. The summed E-state index contributed by atoms with van der Waals surface area (Å²) in [6.45, 7) is 0. The molecule has 0 fully saturated rings. The normalized spacial score (nSPS) is 10.0. The Morgan fingerprint density at radius 3 is 2.48 bits per heavy atom. The van der Waals surface area contributed by atoms with Gasteiger partial charge in [0.05, 0.1) is 5.69 Å². The molecule has 0 unspecified atom stereocenters. The predicted octanol–water partition coefficient (Wildman–Crippen LogP) is 3.82. The van der Waals surface area contributed by atoms with Crippen molar-refractivity contribution in [2.45, 2.75) is 0 Å². The van der Waals surface area contributed by atoms with Gasteiger partial charge in [-0.2, -0.15) is 0 Å². The van der Waals surface area contributed by atoms with Crippen molar-refractivity contribution in [3.8, 4) is 0 Å². The Bertz CT molecular complexity index is 706. The van der Waals surface area contributed by atoms with E-state index in [0.29, 0.717) is 10.7 Å². The van der Waals surface area contributed by atoms with E-state index in [2.05, 4.69) is 10.6 Å². The van der Waals surface area contributed by atoms with Crippen molar-refractivity contribution in [1.82, 2.24) is 0 Å². The Kier molecular flexibility index (Phi) is 4.39. The Balaban J connectivity index is 2.17. The van der Waals surface area contributed by atoms with Gasteiger partial charge in [-0.05, 0) is 30.3 Å². The summed E-state index contributed by atoms with van der Waals surface area (Å²) in [6.07, 6.45) is 0. The van der Waals surface area contributed by atoms with Gasteiger partial charge in [0.15, 0.2) is 0 Å². The van der Waals surface area contributed by atoms with Crippen LogP contribution < -0.4 is 10.6 Å². The maximum atomic E-state index is 13.5. The molecule has 2 rings (SSSR count). The highest BCUT2D eigenvalue weighted by molar-refractivity contribution is 6.30. The first-order valence-electron chi connectivity index (χ1n) is 5.83. The molecule has 0 saturated carbocycles. The molecule has 108 valence electrons. The van der Waals surface area contributed by atoms with Crippen LogP contribution in [0.2, 0.25) is 5.02 Å². The number of nitrogens with one attached hydrogen (secondary N) is 2. The summed E-state index contributed by atoms with van der Waals surface area (Å²) in [6, 6.07) is 9.30. The maximum absolute atomic E-state index is 13.5. The molecular weight excluding hydrogens is 299 g/mol. The Morgan fingerprint density at radius 2 is 1.81 bits per heavy atom. The number of halogens is 2. The van der Waals surface area contributed by atoms with Gasteiger partial charge in [0.2, 0.25) is 0 Å². The molecule has 3 N–H and O–H groups in total. The molecule has 0 atom stereocenters. The number of aromatic carboxylic acids is 1. The number of benzene rings is 2.